The molecule has 0 saturated carbocycles. The monoisotopic (exact) mass is 288 g/mol. The van der Waals surface area contributed by atoms with Crippen molar-refractivity contribution >= 4 is 5.84 Å². The van der Waals surface area contributed by atoms with Crippen LogP contribution in [0.1, 0.15) is 22.3 Å². The van der Waals surface area contributed by atoms with Crippen LogP contribution in [0.25, 0.3) is 0 Å². The lowest BCUT2D eigenvalue weighted by Crippen LogP contribution is -2.14. The minimum Gasteiger partial charge on any atom is -0.392 e. The Hall–Kier alpha value is -2.40. The largest absolute Gasteiger partial charge is 0.392 e. The molecule has 110 valence electrons. The summed E-state index contributed by atoms with van der Waals surface area (Å²) in [5.74, 6) is -0.0819. The minimum absolute atomic E-state index is 0.0101. The first-order valence-electron chi connectivity index (χ1n) is 6.51. The summed E-state index contributed by atoms with van der Waals surface area (Å²) in [5.41, 5.74) is 8.67. The standard InChI is InChI=1S/C16H17FN2O2/c1-11-8-14(6-7-15(11)17)16(18)19-21-10-13-4-2-12(9-20)3-5-13/h2-8,20H,9-10H2,1H3,(H2,18,19). The van der Waals surface area contributed by atoms with Crippen LogP contribution in [0.3, 0.4) is 0 Å². The molecule has 21 heavy (non-hydrogen) atoms. The highest BCUT2D eigenvalue weighted by molar-refractivity contribution is 5.97. The zero-order valence-corrected chi connectivity index (χ0v) is 11.7. The molecule has 0 heterocycles. The highest BCUT2D eigenvalue weighted by atomic mass is 19.1. The first-order chi connectivity index (χ1) is 10.1. The van der Waals surface area contributed by atoms with E-state index in [-0.39, 0.29) is 24.9 Å². The zero-order chi connectivity index (χ0) is 15.2. The molecule has 0 bridgehead atoms. The molecule has 3 N–H and O–H groups in total. The molecule has 0 saturated heterocycles. The summed E-state index contributed by atoms with van der Waals surface area (Å²) < 4.78 is 13.2. The van der Waals surface area contributed by atoms with Gasteiger partial charge in [0.25, 0.3) is 0 Å². The van der Waals surface area contributed by atoms with Crippen molar-refractivity contribution in [3.05, 3.63) is 70.5 Å². The van der Waals surface area contributed by atoms with Crippen molar-refractivity contribution in [3.8, 4) is 0 Å². The molecule has 0 amide bonds. The van der Waals surface area contributed by atoms with Crippen molar-refractivity contribution < 1.29 is 14.3 Å². The van der Waals surface area contributed by atoms with E-state index in [1.54, 1.807) is 19.1 Å². The summed E-state index contributed by atoms with van der Waals surface area (Å²) in [5, 5.41) is 12.8. The molecule has 2 rings (SSSR count). The Morgan fingerprint density at radius 2 is 1.86 bits per heavy atom. The molecule has 0 spiro atoms. The lowest BCUT2D eigenvalue weighted by molar-refractivity contribution is 0.130. The summed E-state index contributed by atoms with van der Waals surface area (Å²) in [6.07, 6.45) is 0. The SMILES string of the molecule is Cc1cc(/C(N)=N/OCc2ccc(CO)cc2)ccc1F. The number of benzene rings is 2. The minimum atomic E-state index is -0.281. The van der Waals surface area contributed by atoms with Crippen LogP contribution >= 0.6 is 0 Å². The van der Waals surface area contributed by atoms with Gasteiger partial charge in [-0.15, -0.1) is 0 Å². The molecule has 0 radical (unpaired) electrons. The van der Waals surface area contributed by atoms with Crippen LogP contribution in [0.4, 0.5) is 4.39 Å². The maximum Gasteiger partial charge on any atom is 0.170 e. The van der Waals surface area contributed by atoms with E-state index in [1.165, 1.54) is 6.07 Å². The van der Waals surface area contributed by atoms with E-state index in [1.807, 2.05) is 24.3 Å². The quantitative estimate of drug-likeness (QED) is 0.504. The molecule has 5 heteroatoms. The third kappa shape index (κ3) is 4.03. The summed E-state index contributed by atoms with van der Waals surface area (Å²) in [6, 6.07) is 11.8. The van der Waals surface area contributed by atoms with Gasteiger partial charge in [-0.05, 0) is 41.8 Å². The third-order valence-corrected chi connectivity index (χ3v) is 3.05. The number of aryl methyl sites for hydroxylation is 1. The van der Waals surface area contributed by atoms with Gasteiger partial charge >= 0.3 is 0 Å². The van der Waals surface area contributed by atoms with Gasteiger partial charge in [0.15, 0.2) is 5.84 Å². The van der Waals surface area contributed by atoms with Crippen molar-refractivity contribution in [1.29, 1.82) is 0 Å². The second-order valence-electron chi connectivity index (χ2n) is 4.69. The molecule has 0 unspecified atom stereocenters. The molecule has 0 fully saturated rings. The van der Waals surface area contributed by atoms with Gasteiger partial charge in [0.1, 0.15) is 12.4 Å². The highest BCUT2D eigenvalue weighted by Crippen LogP contribution is 2.10. The van der Waals surface area contributed by atoms with E-state index in [2.05, 4.69) is 5.16 Å². The Morgan fingerprint density at radius 1 is 1.19 bits per heavy atom. The molecule has 0 aliphatic heterocycles. The van der Waals surface area contributed by atoms with E-state index in [0.717, 1.165) is 11.1 Å². The van der Waals surface area contributed by atoms with Gasteiger partial charge in [-0.25, -0.2) is 4.39 Å². The van der Waals surface area contributed by atoms with E-state index in [4.69, 9.17) is 15.7 Å². The molecule has 0 aliphatic rings. The number of hydrogen-bond acceptors (Lipinski definition) is 3. The molecule has 0 atom stereocenters. The van der Waals surface area contributed by atoms with Gasteiger partial charge in [0.05, 0.1) is 6.61 Å². The van der Waals surface area contributed by atoms with E-state index < -0.39 is 0 Å². The second kappa shape index (κ2) is 6.85. The molecule has 4 nitrogen and oxygen atoms in total. The number of rotatable bonds is 5. The number of amidine groups is 1. The lowest BCUT2D eigenvalue weighted by atomic mass is 10.1. The van der Waals surface area contributed by atoms with Gasteiger partial charge in [-0.2, -0.15) is 0 Å². The second-order valence-corrected chi connectivity index (χ2v) is 4.69. The highest BCUT2D eigenvalue weighted by Gasteiger charge is 2.03. The average molecular weight is 288 g/mol. The van der Waals surface area contributed by atoms with Crippen molar-refractivity contribution in [2.75, 3.05) is 0 Å². The number of nitrogens with two attached hydrogens (primary N) is 1. The van der Waals surface area contributed by atoms with Crippen LogP contribution in [-0.2, 0) is 18.1 Å². The van der Waals surface area contributed by atoms with Crippen LogP contribution in [0, 0.1) is 12.7 Å². The van der Waals surface area contributed by atoms with Crippen LogP contribution in [-0.4, -0.2) is 10.9 Å². The smallest absolute Gasteiger partial charge is 0.170 e. The van der Waals surface area contributed by atoms with Crippen LogP contribution < -0.4 is 5.73 Å². The number of oxime groups is 1. The predicted octanol–water partition coefficient (Wildman–Crippen LogP) is 2.46. The topological polar surface area (TPSA) is 67.8 Å². The molecule has 2 aromatic rings. The first-order valence-corrected chi connectivity index (χ1v) is 6.51. The summed E-state index contributed by atoms with van der Waals surface area (Å²) in [7, 11) is 0. The van der Waals surface area contributed by atoms with Crippen LogP contribution in [0.5, 0.6) is 0 Å². The summed E-state index contributed by atoms with van der Waals surface area (Å²) in [4.78, 5) is 5.19. The number of halogens is 1. The Morgan fingerprint density at radius 3 is 2.48 bits per heavy atom. The Balaban J connectivity index is 1.97. The maximum absolute atomic E-state index is 13.2. The van der Waals surface area contributed by atoms with E-state index in [9.17, 15) is 4.39 Å². The van der Waals surface area contributed by atoms with Gasteiger partial charge in [-0.1, -0.05) is 29.4 Å². The van der Waals surface area contributed by atoms with Crippen molar-refractivity contribution in [2.45, 2.75) is 20.1 Å². The third-order valence-electron chi connectivity index (χ3n) is 3.05. The van der Waals surface area contributed by atoms with Crippen LogP contribution in [0.15, 0.2) is 47.6 Å². The first kappa shape index (κ1) is 15.0. The van der Waals surface area contributed by atoms with Crippen LogP contribution in [0.2, 0.25) is 0 Å². The Bertz CT molecular complexity index is 639. The Labute approximate surface area is 122 Å². The fraction of sp³-hybridized carbons (Fsp3) is 0.188. The normalized spacial score (nSPS) is 11.5. The summed E-state index contributed by atoms with van der Waals surface area (Å²) >= 11 is 0. The van der Waals surface area contributed by atoms with Crippen molar-refractivity contribution in [3.63, 3.8) is 0 Å². The molecule has 0 aromatic heterocycles. The number of aliphatic hydroxyl groups excluding tert-OH is 1. The maximum atomic E-state index is 13.2. The number of aliphatic hydroxyl groups is 1. The molecule has 2 aromatic carbocycles. The summed E-state index contributed by atoms with van der Waals surface area (Å²) in [6.45, 7) is 1.94. The molecular formula is C16H17FN2O2. The van der Waals surface area contributed by atoms with Crippen molar-refractivity contribution in [1.82, 2.24) is 0 Å². The van der Waals surface area contributed by atoms with Gasteiger partial charge in [0, 0.05) is 5.56 Å². The fourth-order valence-electron chi connectivity index (χ4n) is 1.77. The van der Waals surface area contributed by atoms with Crippen molar-refractivity contribution in [2.24, 2.45) is 10.9 Å². The van der Waals surface area contributed by atoms with E-state index in [0.29, 0.717) is 11.1 Å². The predicted molar refractivity (Wildman–Crippen MR) is 79.0 cm³/mol. The molecule has 0 aliphatic carbocycles. The number of hydrogen-bond donors (Lipinski definition) is 2. The Kier molecular flexibility index (Phi) is 4.90. The molecular weight excluding hydrogens is 271 g/mol. The van der Waals surface area contributed by atoms with Gasteiger partial charge in [0.2, 0.25) is 0 Å². The zero-order valence-electron chi connectivity index (χ0n) is 11.7. The lowest BCUT2D eigenvalue weighted by Gasteiger charge is -2.05. The average Bonchev–Trinajstić information content (AvgIpc) is 2.50. The van der Waals surface area contributed by atoms with Gasteiger partial charge in [-0.3, -0.25) is 0 Å². The van der Waals surface area contributed by atoms with E-state index >= 15 is 0 Å². The number of nitrogens with zero attached hydrogens (tertiary/aromatic N) is 1. The van der Waals surface area contributed by atoms with Gasteiger partial charge < -0.3 is 15.7 Å². The fourth-order valence-corrected chi connectivity index (χ4v) is 1.77.